The second-order valence-electron chi connectivity index (χ2n) is 4.87. The van der Waals surface area contributed by atoms with E-state index in [4.69, 9.17) is 0 Å². The van der Waals surface area contributed by atoms with Crippen LogP contribution in [0.15, 0.2) is 47.6 Å². The molecule has 0 amide bonds. The van der Waals surface area contributed by atoms with Gasteiger partial charge in [-0.15, -0.1) is 0 Å². The van der Waals surface area contributed by atoms with Crippen molar-refractivity contribution in [3.63, 3.8) is 0 Å². The molecule has 4 nitrogen and oxygen atoms in total. The van der Waals surface area contributed by atoms with E-state index in [1.165, 1.54) is 12.1 Å². The number of para-hydroxylation sites is 1. The van der Waals surface area contributed by atoms with E-state index >= 15 is 0 Å². The van der Waals surface area contributed by atoms with Gasteiger partial charge < -0.3 is 9.47 Å². The van der Waals surface area contributed by atoms with Crippen LogP contribution in [0.25, 0.3) is 0 Å². The smallest absolute Gasteiger partial charge is 0.418 e. The van der Waals surface area contributed by atoms with Crippen LogP contribution >= 0.6 is 0 Å². The van der Waals surface area contributed by atoms with E-state index < -0.39 is 36.5 Å². The number of hydrogen-bond donors (Lipinski definition) is 1. The zero-order valence-electron chi connectivity index (χ0n) is 13.2. The lowest BCUT2D eigenvalue weighted by atomic mass is 10.2. The zero-order chi connectivity index (χ0) is 20.0. The van der Waals surface area contributed by atoms with E-state index in [1.807, 2.05) is 0 Å². The highest BCUT2D eigenvalue weighted by Crippen LogP contribution is 2.34. The summed E-state index contributed by atoms with van der Waals surface area (Å²) < 4.78 is 96.3. The monoisotopic (exact) mass is 396 g/mol. The summed E-state index contributed by atoms with van der Waals surface area (Å²) in [4.78, 5) is 0. The van der Waals surface area contributed by atoms with Crippen molar-refractivity contribution in [2.75, 3.05) is 5.43 Å². The van der Waals surface area contributed by atoms with Crippen molar-refractivity contribution in [2.45, 2.75) is 19.4 Å². The normalized spacial score (nSPS) is 12.0. The lowest BCUT2D eigenvalue weighted by Crippen LogP contribution is -2.09. The molecule has 0 aromatic heterocycles. The summed E-state index contributed by atoms with van der Waals surface area (Å²) in [5, 5.41) is 3.56. The largest absolute Gasteiger partial charge is 0.435 e. The fraction of sp³-hybridized carbons (Fsp3) is 0.188. The molecule has 0 saturated heterocycles. The van der Waals surface area contributed by atoms with Crippen molar-refractivity contribution in [1.29, 1.82) is 0 Å². The maximum Gasteiger partial charge on any atom is 0.418 e. The molecule has 2 aromatic rings. The Bertz CT molecular complexity index is 795. The minimum absolute atomic E-state index is 0.103. The molecule has 0 atom stereocenters. The number of benzene rings is 2. The Labute approximate surface area is 148 Å². The summed E-state index contributed by atoms with van der Waals surface area (Å²) in [6.45, 7) is -6.44. The minimum Gasteiger partial charge on any atom is -0.435 e. The number of nitrogens with one attached hydrogen (secondary N) is 1. The van der Waals surface area contributed by atoms with Crippen LogP contribution < -0.4 is 14.9 Å². The summed E-state index contributed by atoms with van der Waals surface area (Å²) >= 11 is 0. The van der Waals surface area contributed by atoms with E-state index in [1.54, 1.807) is 0 Å². The van der Waals surface area contributed by atoms with E-state index in [-0.39, 0.29) is 11.3 Å². The predicted molar refractivity (Wildman–Crippen MR) is 82.4 cm³/mol. The summed E-state index contributed by atoms with van der Waals surface area (Å²) in [6.07, 6.45) is -3.73. The highest BCUT2D eigenvalue weighted by molar-refractivity contribution is 5.84. The lowest BCUT2D eigenvalue weighted by Gasteiger charge is -2.12. The molecule has 0 bridgehead atoms. The molecule has 0 spiro atoms. The molecule has 0 radical (unpaired) electrons. The molecule has 27 heavy (non-hydrogen) atoms. The van der Waals surface area contributed by atoms with Crippen LogP contribution in [0.2, 0.25) is 0 Å². The van der Waals surface area contributed by atoms with E-state index in [2.05, 4.69) is 20.0 Å². The van der Waals surface area contributed by atoms with Gasteiger partial charge >= 0.3 is 19.4 Å². The van der Waals surface area contributed by atoms with Crippen LogP contribution in [0.4, 0.5) is 36.4 Å². The minimum atomic E-state index is -4.63. The number of anilines is 1. The Hall–Kier alpha value is -2.98. The van der Waals surface area contributed by atoms with E-state index in [0.717, 1.165) is 36.5 Å². The number of rotatable bonds is 7. The molecular formula is C16H11F7N2O2. The SMILES string of the molecule is FC(F)Oc1ccc(/C=N\Nc2ccccc2C(F)(F)F)c(OC(F)F)c1. The van der Waals surface area contributed by atoms with E-state index in [0.29, 0.717) is 0 Å². The maximum atomic E-state index is 12.9. The van der Waals surface area contributed by atoms with Gasteiger partial charge in [-0.3, -0.25) is 5.43 Å². The number of halogens is 7. The molecule has 146 valence electrons. The van der Waals surface area contributed by atoms with Crippen molar-refractivity contribution in [3.8, 4) is 11.5 Å². The van der Waals surface area contributed by atoms with Gasteiger partial charge in [-0.05, 0) is 24.3 Å². The molecule has 0 aliphatic heterocycles. The Kier molecular flexibility index (Phi) is 6.48. The van der Waals surface area contributed by atoms with Crippen molar-refractivity contribution in [1.82, 2.24) is 0 Å². The number of ether oxygens (including phenoxy) is 2. The molecule has 2 rings (SSSR count). The van der Waals surface area contributed by atoms with E-state index in [9.17, 15) is 30.7 Å². The Morgan fingerprint density at radius 1 is 0.926 bits per heavy atom. The van der Waals surface area contributed by atoms with Crippen molar-refractivity contribution >= 4 is 11.9 Å². The molecule has 0 heterocycles. The van der Waals surface area contributed by atoms with Crippen molar-refractivity contribution in [2.24, 2.45) is 5.10 Å². The van der Waals surface area contributed by atoms with Gasteiger partial charge in [0, 0.05) is 11.6 Å². The first-order valence-corrected chi connectivity index (χ1v) is 7.16. The van der Waals surface area contributed by atoms with Gasteiger partial charge in [-0.25, -0.2) is 0 Å². The van der Waals surface area contributed by atoms with Gasteiger partial charge in [0.05, 0.1) is 17.5 Å². The topological polar surface area (TPSA) is 42.8 Å². The summed E-state index contributed by atoms with van der Waals surface area (Å²) in [7, 11) is 0. The Morgan fingerprint density at radius 2 is 1.59 bits per heavy atom. The number of hydrogen-bond acceptors (Lipinski definition) is 4. The van der Waals surface area contributed by atoms with Crippen LogP contribution in [-0.2, 0) is 6.18 Å². The first kappa shape index (κ1) is 20.3. The molecule has 0 aliphatic carbocycles. The lowest BCUT2D eigenvalue weighted by molar-refractivity contribution is -0.137. The van der Waals surface area contributed by atoms with Gasteiger partial charge in [0.25, 0.3) is 0 Å². The molecule has 0 saturated carbocycles. The van der Waals surface area contributed by atoms with Gasteiger partial charge in [0.1, 0.15) is 11.5 Å². The fourth-order valence-corrected chi connectivity index (χ4v) is 1.99. The van der Waals surface area contributed by atoms with Crippen LogP contribution in [0.1, 0.15) is 11.1 Å². The third-order valence-electron chi connectivity index (χ3n) is 3.05. The quantitative estimate of drug-likeness (QED) is 0.390. The van der Waals surface area contributed by atoms with Crippen LogP contribution in [-0.4, -0.2) is 19.4 Å². The first-order valence-electron chi connectivity index (χ1n) is 7.16. The van der Waals surface area contributed by atoms with Crippen LogP contribution in [0.5, 0.6) is 11.5 Å². The van der Waals surface area contributed by atoms with Gasteiger partial charge in [0.2, 0.25) is 0 Å². The highest BCUT2D eigenvalue weighted by Gasteiger charge is 2.33. The fourth-order valence-electron chi connectivity index (χ4n) is 1.99. The van der Waals surface area contributed by atoms with Gasteiger partial charge in [-0.1, -0.05) is 12.1 Å². The van der Waals surface area contributed by atoms with Crippen molar-refractivity contribution < 1.29 is 40.2 Å². The highest BCUT2D eigenvalue weighted by atomic mass is 19.4. The second-order valence-corrected chi connectivity index (χ2v) is 4.87. The number of nitrogens with zero attached hydrogens (tertiary/aromatic N) is 1. The molecule has 11 heteroatoms. The first-order chi connectivity index (χ1) is 12.7. The number of alkyl halides is 7. The molecule has 0 aliphatic rings. The van der Waals surface area contributed by atoms with Gasteiger partial charge in [-0.2, -0.15) is 35.8 Å². The zero-order valence-corrected chi connectivity index (χ0v) is 13.2. The van der Waals surface area contributed by atoms with Crippen LogP contribution in [0, 0.1) is 0 Å². The number of hydrazone groups is 1. The third-order valence-corrected chi connectivity index (χ3v) is 3.05. The molecule has 0 fully saturated rings. The van der Waals surface area contributed by atoms with Crippen molar-refractivity contribution in [3.05, 3.63) is 53.6 Å². The van der Waals surface area contributed by atoms with Crippen LogP contribution in [0.3, 0.4) is 0 Å². The second kappa shape index (κ2) is 8.60. The molecule has 1 N–H and O–H groups in total. The maximum absolute atomic E-state index is 12.9. The average Bonchev–Trinajstić information content (AvgIpc) is 2.55. The molecule has 0 unspecified atom stereocenters. The summed E-state index contributed by atoms with van der Waals surface area (Å²) in [6, 6.07) is 7.38. The molecular weight excluding hydrogens is 385 g/mol. The Balaban J connectivity index is 2.24. The third kappa shape index (κ3) is 6.04. The Morgan fingerprint density at radius 3 is 2.22 bits per heavy atom. The summed E-state index contributed by atoms with van der Waals surface area (Å²) in [5.41, 5.74) is 0.703. The van der Waals surface area contributed by atoms with Gasteiger partial charge in [0.15, 0.2) is 0 Å². The molecule has 2 aromatic carbocycles. The summed E-state index contributed by atoms with van der Waals surface area (Å²) in [5.74, 6) is -0.981. The average molecular weight is 396 g/mol. The predicted octanol–water partition coefficient (Wildman–Crippen LogP) is 5.35. The standard InChI is InChI=1S/C16H11F7N2O2/c17-14(18)26-10-6-5-9(13(7-10)27-15(19)20)8-24-25-12-4-2-1-3-11(12)16(21,22)23/h1-8,14-15,25H/b24-8-.